The number of carbonyl (C=O) groups excluding carboxylic acids is 3. The molecule has 0 heterocycles. The van der Waals surface area contributed by atoms with Gasteiger partial charge in [-0.2, -0.15) is 0 Å². The molecule has 46 heavy (non-hydrogen) atoms. The van der Waals surface area contributed by atoms with Gasteiger partial charge in [-0.15, -0.1) is 0 Å². The number of esters is 3. The zero-order valence-electron chi connectivity index (χ0n) is 31.0. The van der Waals surface area contributed by atoms with Crippen LogP contribution < -0.4 is 0 Å². The lowest BCUT2D eigenvalue weighted by Gasteiger charge is -2.18. The average Bonchev–Trinajstić information content (AvgIpc) is 3.03. The quantitative estimate of drug-likeness (QED) is 0.0385. The van der Waals surface area contributed by atoms with Gasteiger partial charge in [0.1, 0.15) is 13.2 Å². The fourth-order valence-corrected chi connectivity index (χ4v) is 5.74. The summed E-state index contributed by atoms with van der Waals surface area (Å²) in [5.41, 5.74) is 0. The third-order valence-electron chi connectivity index (χ3n) is 8.79. The van der Waals surface area contributed by atoms with Crippen LogP contribution in [0.3, 0.4) is 0 Å². The lowest BCUT2D eigenvalue weighted by atomic mass is 10.0. The fraction of sp³-hybridized carbons (Fsp3) is 0.925. The Hall–Kier alpha value is -1.59. The van der Waals surface area contributed by atoms with Crippen LogP contribution in [0.15, 0.2) is 0 Å². The molecular weight excluding hydrogens is 576 g/mol. The summed E-state index contributed by atoms with van der Waals surface area (Å²) < 4.78 is 16.5. The second-order valence-electron chi connectivity index (χ2n) is 14.0. The summed E-state index contributed by atoms with van der Waals surface area (Å²) in [5, 5.41) is 0. The van der Waals surface area contributed by atoms with Gasteiger partial charge in [0.05, 0.1) is 0 Å². The molecule has 0 spiro atoms. The summed E-state index contributed by atoms with van der Waals surface area (Å²) in [6.07, 6.45) is 31.2. The topological polar surface area (TPSA) is 78.9 Å². The van der Waals surface area contributed by atoms with Gasteiger partial charge in [0.25, 0.3) is 0 Å². The number of ether oxygens (including phenoxy) is 3. The Morgan fingerprint density at radius 1 is 0.413 bits per heavy atom. The zero-order chi connectivity index (χ0) is 33.9. The molecule has 6 heteroatoms. The van der Waals surface area contributed by atoms with Crippen LogP contribution in [0.5, 0.6) is 0 Å². The van der Waals surface area contributed by atoms with E-state index in [2.05, 4.69) is 27.7 Å². The lowest BCUT2D eigenvalue weighted by molar-refractivity contribution is -0.167. The molecule has 0 aromatic carbocycles. The molecule has 0 fully saturated rings. The summed E-state index contributed by atoms with van der Waals surface area (Å²) in [6.45, 7) is 8.85. The van der Waals surface area contributed by atoms with Gasteiger partial charge < -0.3 is 14.2 Å². The second kappa shape index (κ2) is 34.7. The molecule has 0 aromatic heterocycles. The number of hydrogen-bond acceptors (Lipinski definition) is 6. The fourth-order valence-electron chi connectivity index (χ4n) is 5.74. The normalized spacial score (nSPS) is 11.9. The van der Waals surface area contributed by atoms with E-state index in [1.807, 2.05) is 0 Å². The third-order valence-corrected chi connectivity index (χ3v) is 8.79. The van der Waals surface area contributed by atoms with Gasteiger partial charge in [-0.1, -0.05) is 175 Å². The highest BCUT2D eigenvalue weighted by Gasteiger charge is 2.19. The highest BCUT2D eigenvalue weighted by molar-refractivity contribution is 5.71. The molecule has 0 aliphatic rings. The highest BCUT2D eigenvalue weighted by Crippen LogP contribution is 2.15. The van der Waals surface area contributed by atoms with Crippen LogP contribution in [0, 0.1) is 5.92 Å². The summed E-state index contributed by atoms with van der Waals surface area (Å²) in [6, 6.07) is 0. The Morgan fingerprint density at radius 3 is 1.07 bits per heavy atom. The molecule has 0 aliphatic heterocycles. The maximum Gasteiger partial charge on any atom is 0.306 e. The first-order valence-corrected chi connectivity index (χ1v) is 19.9. The average molecular weight is 653 g/mol. The van der Waals surface area contributed by atoms with Crippen molar-refractivity contribution in [2.75, 3.05) is 13.2 Å². The van der Waals surface area contributed by atoms with E-state index in [1.54, 1.807) is 0 Å². The first-order chi connectivity index (χ1) is 22.4. The van der Waals surface area contributed by atoms with E-state index in [0.29, 0.717) is 19.3 Å². The van der Waals surface area contributed by atoms with Gasteiger partial charge >= 0.3 is 17.9 Å². The van der Waals surface area contributed by atoms with Crippen LogP contribution >= 0.6 is 0 Å². The summed E-state index contributed by atoms with van der Waals surface area (Å²) in [5.74, 6) is -0.0849. The smallest absolute Gasteiger partial charge is 0.306 e. The molecule has 0 bridgehead atoms. The van der Waals surface area contributed by atoms with Crippen molar-refractivity contribution in [3.8, 4) is 0 Å². The van der Waals surface area contributed by atoms with E-state index >= 15 is 0 Å². The van der Waals surface area contributed by atoms with Crippen molar-refractivity contribution in [1.82, 2.24) is 0 Å². The predicted octanol–water partition coefficient (Wildman–Crippen LogP) is 12.0. The van der Waals surface area contributed by atoms with E-state index in [4.69, 9.17) is 14.2 Å². The second-order valence-corrected chi connectivity index (χ2v) is 14.0. The highest BCUT2D eigenvalue weighted by atomic mass is 16.6. The molecule has 6 nitrogen and oxygen atoms in total. The molecule has 0 unspecified atom stereocenters. The maximum absolute atomic E-state index is 12.6. The Labute approximate surface area is 285 Å². The number of carbonyl (C=O) groups is 3. The van der Waals surface area contributed by atoms with Crippen molar-refractivity contribution >= 4 is 17.9 Å². The zero-order valence-corrected chi connectivity index (χ0v) is 31.0. The number of hydrogen-bond donors (Lipinski definition) is 0. The van der Waals surface area contributed by atoms with E-state index in [1.165, 1.54) is 103 Å². The van der Waals surface area contributed by atoms with Crippen molar-refractivity contribution in [2.24, 2.45) is 5.92 Å². The van der Waals surface area contributed by atoms with Crippen molar-refractivity contribution < 1.29 is 28.6 Å². The molecule has 1 atom stereocenters. The Morgan fingerprint density at radius 2 is 0.717 bits per heavy atom. The molecule has 0 amide bonds. The van der Waals surface area contributed by atoms with Crippen molar-refractivity contribution in [1.29, 1.82) is 0 Å². The minimum absolute atomic E-state index is 0.0661. The Balaban J connectivity index is 4.26. The van der Waals surface area contributed by atoms with E-state index in [0.717, 1.165) is 70.1 Å². The minimum Gasteiger partial charge on any atom is -0.462 e. The van der Waals surface area contributed by atoms with E-state index in [9.17, 15) is 14.4 Å². The summed E-state index contributed by atoms with van der Waals surface area (Å²) in [4.78, 5) is 37.2. The predicted molar refractivity (Wildman–Crippen MR) is 192 cm³/mol. The van der Waals surface area contributed by atoms with Gasteiger partial charge in [0, 0.05) is 19.3 Å². The van der Waals surface area contributed by atoms with E-state index < -0.39 is 6.10 Å². The SMILES string of the molecule is CCCCCCCCCCCCCCC(=O)OC[C@H](COC(=O)CCCCCCC)OC(=O)CCCCCCCCCCC(C)C. The van der Waals surface area contributed by atoms with Gasteiger partial charge in [-0.05, 0) is 25.2 Å². The summed E-state index contributed by atoms with van der Waals surface area (Å²) >= 11 is 0. The Kier molecular flexibility index (Phi) is 33.5. The Bertz CT molecular complexity index is 691. The molecule has 0 radical (unpaired) electrons. The molecular formula is C40H76O6. The number of rotatable bonds is 35. The maximum atomic E-state index is 12.6. The molecule has 0 saturated carbocycles. The molecule has 0 saturated heterocycles. The number of unbranched alkanes of at least 4 members (excludes halogenated alkanes) is 22. The lowest BCUT2D eigenvalue weighted by Crippen LogP contribution is -2.30. The molecule has 0 rings (SSSR count). The largest absolute Gasteiger partial charge is 0.462 e. The van der Waals surface area contributed by atoms with Crippen molar-refractivity contribution in [3.63, 3.8) is 0 Å². The van der Waals surface area contributed by atoms with Crippen LogP contribution in [0.2, 0.25) is 0 Å². The first-order valence-electron chi connectivity index (χ1n) is 19.9. The van der Waals surface area contributed by atoms with Crippen molar-refractivity contribution in [2.45, 2.75) is 220 Å². The van der Waals surface area contributed by atoms with Crippen LogP contribution in [-0.2, 0) is 28.6 Å². The van der Waals surface area contributed by atoms with Crippen LogP contribution in [0.25, 0.3) is 0 Å². The monoisotopic (exact) mass is 653 g/mol. The van der Waals surface area contributed by atoms with Crippen LogP contribution in [-0.4, -0.2) is 37.2 Å². The van der Waals surface area contributed by atoms with Gasteiger partial charge in [0.2, 0.25) is 0 Å². The molecule has 0 aliphatic carbocycles. The van der Waals surface area contributed by atoms with Crippen LogP contribution in [0.1, 0.15) is 214 Å². The van der Waals surface area contributed by atoms with Gasteiger partial charge in [0.15, 0.2) is 6.10 Å². The standard InChI is InChI=1S/C40H76O6/c1-5-7-9-11-12-13-14-15-16-20-24-28-32-39(42)45-35-37(34-44-38(41)31-27-22-10-8-6-2)46-40(43)33-29-25-21-18-17-19-23-26-30-36(3)4/h36-37H,5-35H2,1-4H3/t37-/m0/s1. The van der Waals surface area contributed by atoms with E-state index in [-0.39, 0.29) is 31.1 Å². The molecule has 272 valence electrons. The summed E-state index contributed by atoms with van der Waals surface area (Å²) in [7, 11) is 0. The molecule has 0 aromatic rings. The minimum atomic E-state index is -0.756. The first kappa shape index (κ1) is 44.4. The van der Waals surface area contributed by atoms with Crippen LogP contribution in [0.4, 0.5) is 0 Å². The van der Waals surface area contributed by atoms with Gasteiger partial charge in [-0.25, -0.2) is 0 Å². The molecule has 0 N–H and O–H groups in total. The third kappa shape index (κ3) is 33.8. The van der Waals surface area contributed by atoms with Gasteiger partial charge in [-0.3, -0.25) is 14.4 Å². The van der Waals surface area contributed by atoms with Crippen molar-refractivity contribution in [3.05, 3.63) is 0 Å².